The molecule has 1 aliphatic rings. The van der Waals surface area contributed by atoms with Gasteiger partial charge in [0.1, 0.15) is 5.82 Å². The molecule has 0 fully saturated rings. The molecule has 2 aromatic carbocycles. The van der Waals surface area contributed by atoms with Crippen molar-refractivity contribution in [3.63, 3.8) is 0 Å². The lowest BCUT2D eigenvalue weighted by Crippen LogP contribution is -2.42. The average Bonchev–Trinajstić information content (AvgIpc) is 3.18. The molecule has 1 N–H and O–H groups in total. The van der Waals surface area contributed by atoms with Crippen LogP contribution in [0.5, 0.6) is 0 Å². The van der Waals surface area contributed by atoms with Crippen LogP contribution in [0, 0.1) is 5.82 Å². The SMILES string of the molecule is COC(=O)CCNC(=O)N1Cc2ccccc2-n2cccc2C1c1ccc(F)cc1. The summed E-state index contributed by atoms with van der Waals surface area (Å²) >= 11 is 0. The average molecular weight is 407 g/mol. The molecule has 1 unspecified atom stereocenters. The monoisotopic (exact) mass is 407 g/mol. The Morgan fingerprint density at radius 3 is 2.63 bits per heavy atom. The summed E-state index contributed by atoms with van der Waals surface area (Å²) in [7, 11) is 1.31. The first-order chi connectivity index (χ1) is 14.6. The number of methoxy groups -OCH3 is 1. The third kappa shape index (κ3) is 3.78. The predicted molar refractivity (Wildman–Crippen MR) is 110 cm³/mol. The Balaban J connectivity index is 1.74. The summed E-state index contributed by atoms with van der Waals surface area (Å²) in [5.41, 5.74) is 3.68. The van der Waals surface area contributed by atoms with Gasteiger partial charge in [0.2, 0.25) is 0 Å². The van der Waals surface area contributed by atoms with Crippen molar-refractivity contribution in [2.24, 2.45) is 0 Å². The first-order valence-corrected chi connectivity index (χ1v) is 9.71. The second-order valence-electron chi connectivity index (χ2n) is 7.07. The number of hydrogen-bond acceptors (Lipinski definition) is 3. The fraction of sp³-hybridized carbons (Fsp3) is 0.217. The maximum Gasteiger partial charge on any atom is 0.318 e. The molecule has 0 saturated carbocycles. The molecular weight excluding hydrogens is 385 g/mol. The number of rotatable bonds is 4. The van der Waals surface area contributed by atoms with Crippen molar-refractivity contribution < 1.29 is 18.7 Å². The van der Waals surface area contributed by atoms with Crippen molar-refractivity contribution in [1.82, 2.24) is 14.8 Å². The van der Waals surface area contributed by atoms with Gasteiger partial charge in [0.05, 0.1) is 31.8 Å². The lowest BCUT2D eigenvalue weighted by Gasteiger charge is -2.31. The van der Waals surface area contributed by atoms with Crippen LogP contribution in [0.1, 0.15) is 29.3 Å². The molecule has 0 spiro atoms. The van der Waals surface area contributed by atoms with E-state index in [4.69, 9.17) is 0 Å². The lowest BCUT2D eigenvalue weighted by molar-refractivity contribution is -0.140. The van der Waals surface area contributed by atoms with Gasteiger partial charge in [-0.25, -0.2) is 9.18 Å². The van der Waals surface area contributed by atoms with Crippen molar-refractivity contribution in [3.05, 3.63) is 89.5 Å². The summed E-state index contributed by atoms with van der Waals surface area (Å²) in [5.74, 6) is -0.722. The number of amides is 2. The minimum Gasteiger partial charge on any atom is -0.469 e. The third-order valence-corrected chi connectivity index (χ3v) is 5.24. The molecule has 3 aromatic rings. The van der Waals surface area contributed by atoms with Gasteiger partial charge in [0, 0.05) is 18.4 Å². The number of carbonyl (C=O) groups excluding carboxylic acids is 2. The third-order valence-electron chi connectivity index (χ3n) is 5.24. The number of benzene rings is 2. The second-order valence-corrected chi connectivity index (χ2v) is 7.07. The number of aromatic nitrogens is 1. The highest BCUT2D eigenvalue weighted by molar-refractivity contribution is 5.77. The summed E-state index contributed by atoms with van der Waals surface area (Å²) in [6.07, 6.45) is 2.05. The molecule has 1 aromatic heterocycles. The summed E-state index contributed by atoms with van der Waals surface area (Å²) in [4.78, 5) is 26.3. The predicted octanol–water partition coefficient (Wildman–Crippen LogP) is 3.79. The number of urea groups is 1. The quantitative estimate of drug-likeness (QED) is 0.670. The molecule has 0 saturated heterocycles. The molecule has 0 radical (unpaired) electrons. The number of hydrogen-bond donors (Lipinski definition) is 1. The summed E-state index contributed by atoms with van der Waals surface area (Å²) in [5, 5.41) is 2.81. The summed E-state index contributed by atoms with van der Waals surface area (Å²) < 4.78 is 20.3. The highest BCUT2D eigenvalue weighted by Crippen LogP contribution is 2.36. The van der Waals surface area contributed by atoms with E-state index in [0.29, 0.717) is 6.54 Å². The van der Waals surface area contributed by atoms with Crippen LogP contribution >= 0.6 is 0 Å². The second kappa shape index (κ2) is 8.41. The first kappa shape index (κ1) is 19.7. The highest BCUT2D eigenvalue weighted by Gasteiger charge is 2.32. The van der Waals surface area contributed by atoms with Crippen molar-refractivity contribution in [3.8, 4) is 5.69 Å². The van der Waals surface area contributed by atoms with Gasteiger partial charge in [0.25, 0.3) is 0 Å². The van der Waals surface area contributed by atoms with Gasteiger partial charge < -0.3 is 19.5 Å². The number of nitrogens with one attached hydrogen (secondary N) is 1. The van der Waals surface area contributed by atoms with Gasteiger partial charge >= 0.3 is 12.0 Å². The van der Waals surface area contributed by atoms with Crippen LogP contribution in [0.4, 0.5) is 9.18 Å². The van der Waals surface area contributed by atoms with E-state index >= 15 is 0 Å². The van der Waals surface area contributed by atoms with Crippen LogP contribution < -0.4 is 5.32 Å². The Bertz CT molecular complexity index is 1060. The Morgan fingerprint density at radius 2 is 1.87 bits per heavy atom. The zero-order valence-electron chi connectivity index (χ0n) is 16.5. The Labute approximate surface area is 173 Å². The van der Waals surface area contributed by atoms with Gasteiger partial charge in [0.15, 0.2) is 0 Å². The number of para-hydroxylation sites is 1. The van der Waals surface area contributed by atoms with E-state index in [1.807, 2.05) is 42.6 Å². The molecule has 6 nitrogen and oxygen atoms in total. The Kier molecular flexibility index (Phi) is 5.52. The topological polar surface area (TPSA) is 63.6 Å². The van der Waals surface area contributed by atoms with E-state index in [0.717, 1.165) is 22.5 Å². The molecule has 2 amide bonds. The molecule has 1 atom stereocenters. The zero-order valence-corrected chi connectivity index (χ0v) is 16.5. The number of carbonyl (C=O) groups is 2. The normalized spacial score (nSPS) is 15.0. The van der Waals surface area contributed by atoms with Gasteiger partial charge in [-0.15, -0.1) is 0 Å². The van der Waals surface area contributed by atoms with Crippen LogP contribution in [0.25, 0.3) is 5.69 Å². The molecule has 2 heterocycles. The summed E-state index contributed by atoms with van der Waals surface area (Å²) in [6.45, 7) is 0.532. The van der Waals surface area contributed by atoms with Crippen LogP contribution in [-0.4, -0.2) is 35.1 Å². The molecule has 0 aliphatic carbocycles. The van der Waals surface area contributed by atoms with Crippen molar-refractivity contribution in [2.45, 2.75) is 19.0 Å². The fourth-order valence-electron chi connectivity index (χ4n) is 3.81. The first-order valence-electron chi connectivity index (χ1n) is 9.71. The molecule has 30 heavy (non-hydrogen) atoms. The fourth-order valence-corrected chi connectivity index (χ4v) is 3.81. The van der Waals surface area contributed by atoms with Crippen LogP contribution in [-0.2, 0) is 16.1 Å². The molecule has 154 valence electrons. The van der Waals surface area contributed by atoms with Crippen molar-refractivity contribution >= 4 is 12.0 Å². The Morgan fingerprint density at radius 1 is 1.10 bits per heavy atom. The maximum atomic E-state index is 13.6. The van der Waals surface area contributed by atoms with E-state index < -0.39 is 6.04 Å². The van der Waals surface area contributed by atoms with Gasteiger partial charge in [-0.3, -0.25) is 4.79 Å². The lowest BCUT2D eigenvalue weighted by atomic mass is 10.0. The number of halogens is 1. The molecule has 1 aliphatic heterocycles. The molecule has 0 bridgehead atoms. The smallest absolute Gasteiger partial charge is 0.318 e. The standard InChI is InChI=1S/C23H22FN3O3/c1-30-21(28)12-13-25-23(29)27-15-17-5-2-3-6-19(17)26-14-4-7-20(26)22(27)16-8-10-18(24)11-9-16/h2-11,14,22H,12-13,15H2,1H3,(H,25,29). The molecule has 7 heteroatoms. The maximum absolute atomic E-state index is 13.6. The van der Waals surface area contributed by atoms with Gasteiger partial charge in [-0.1, -0.05) is 30.3 Å². The Hall–Kier alpha value is -3.61. The van der Waals surface area contributed by atoms with E-state index in [1.54, 1.807) is 17.0 Å². The van der Waals surface area contributed by atoms with Gasteiger partial charge in [-0.05, 0) is 41.5 Å². The minimum absolute atomic E-state index is 0.0876. The summed E-state index contributed by atoms with van der Waals surface area (Å²) in [6, 6.07) is 17.2. The number of ether oxygens (including phenoxy) is 1. The van der Waals surface area contributed by atoms with Gasteiger partial charge in [-0.2, -0.15) is 0 Å². The van der Waals surface area contributed by atoms with E-state index in [9.17, 15) is 14.0 Å². The number of nitrogens with zero attached hydrogens (tertiary/aromatic N) is 2. The zero-order chi connectivity index (χ0) is 21.1. The minimum atomic E-state index is -0.425. The highest BCUT2D eigenvalue weighted by atomic mass is 19.1. The van der Waals surface area contributed by atoms with Crippen LogP contribution in [0.15, 0.2) is 66.9 Å². The molecule has 4 rings (SSSR count). The van der Waals surface area contributed by atoms with E-state index in [2.05, 4.69) is 14.6 Å². The van der Waals surface area contributed by atoms with Crippen molar-refractivity contribution in [2.75, 3.05) is 13.7 Å². The van der Waals surface area contributed by atoms with E-state index in [1.165, 1.54) is 19.2 Å². The van der Waals surface area contributed by atoms with Crippen LogP contribution in [0.2, 0.25) is 0 Å². The number of esters is 1. The van der Waals surface area contributed by atoms with E-state index in [-0.39, 0.29) is 30.8 Å². The largest absolute Gasteiger partial charge is 0.469 e. The van der Waals surface area contributed by atoms with Crippen molar-refractivity contribution in [1.29, 1.82) is 0 Å². The van der Waals surface area contributed by atoms with Crippen LogP contribution in [0.3, 0.4) is 0 Å². The number of fused-ring (bicyclic) bond motifs is 3. The molecular formula is C23H22FN3O3.